The van der Waals surface area contributed by atoms with Crippen LogP contribution in [0.3, 0.4) is 0 Å². The van der Waals surface area contributed by atoms with Crippen LogP contribution < -0.4 is 15.4 Å². The summed E-state index contributed by atoms with van der Waals surface area (Å²) in [6.45, 7) is 5.99. The Hall–Kier alpha value is -2.53. The maximum absolute atomic E-state index is 10.2. The quantitative estimate of drug-likeness (QED) is 0.478. The molecule has 0 fully saturated rings. The number of benzene rings is 2. The lowest BCUT2D eigenvalue weighted by molar-refractivity contribution is 0.168. The molecule has 0 saturated carbocycles. The molecule has 2 rings (SSSR count). The largest absolute Gasteiger partial charge is 0.489 e. The molecule has 2 unspecified atom stereocenters. The van der Waals surface area contributed by atoms with Crippen LogP contribution in [-0.4, -0.2) is 36.8 Å². The zero-order chi connectivity index (χ0) is 18.6. The first-order valence-corrected chi connectivity index (χ1v) is 9.16. The van der Waals surface area contributed by atoms with E-state index >= 15 is 0 Å². The SMILES string of the molecule is CCNC(=NCC(C)Oc1ccccc1)NCCC(O)c1ccccc1. The van der Waals surface area contributed by atoms with Crippen LogP contribution in [-0.2, 0) is 0 Å². The smallest absolute Gasteiger partial charge is 0.191 e. The fraction of sp³-hybridized carbons (Fsp3) is 0.381. The molecule has 2 aromatic rings. The molecule has 0 radical (unpaired) electrons. The lowest BCUT2D eigenvalue weighted by Crippen LogP contribution is -2.39. The molecule has 0 aliphatic rings. The molecule has 5 nitrogen and oxygen atoms in total. The van der Waals surface area contributed by atoms with Crippen molar-refractivity contribution < 1.29 is 9.84 Å². The van der Waals surface area contributed by atoms with Crippen LogP contribution in [0.15, 0.2) is 65.7 Å². The van der Waals surface area contributed by atoms with Crippen LogP contribution in [0, 0.1) is 0 Å². The zero-order valence-corrected chi connectivity index (χ0v) is 15.6. The molecule has 140 valence electrons. The van der Waals surface area contributed by atoms with Crippen LogP contribution in [0.2, 0.25) is 0 Å². The van der Waals surface area contributed by atoms with Gasteiger partial charge in [0.1, 0.15) is 11.9 Å². The van der Waals surface area contributed by atoms with E-state index in [1.54, 1.807) is 0 Å². The van der Waals surface area contributed by atoms with Gasteiger partial charge in [-0.1, -0.05) is 48.5 Å². The van der Waals surface area contributed by atoms with E-state index in [0.29, 0.717) is 19.5 Å². The number of nitrogens with zero attached hydrogens (tertiary/aromatic N) is 1. The molecule has 0 saturated heterocycles. The van der Waals surface area contributed by atoms with E-state index in [1.165, 1.54) is 0 Å². The minimum atomic E-state index is -0.480. The van der Waals surface area contributed by atoms with Gasteiger partial charge in [0.25, 0.3) is 0 Å². The lowest BCUT2D eigenvalue weighted by Gasteiger charge is -2.16. The van der Waals surface area contributed by atoms with Gasteiger partial charge in [-0.05, 0) is 38.0 Å². The first-order chi connectivity index (χ1) is 12.7. The predicted molar refractivity (Wildman–Crippen MR) is 107 cm³/mol. The maximum Gasteiger partial charge on any atom is 0.191 e. The summed E-state index contributed by atoms with van der Waals surface area (Å²) in [5.74, 6) is 1.58. The Balaban J connectivity index is 1.78. The summed E-state index contributed by atoms with van der Waals surface area (Å²) in [6, 6.07) is 19.4. The average Bonchev–Trinajstić information content (AvgIpc) is 2.67. The minimum absolute atomic E-state index is 0.0252. The van der Waals surface area contributed by atoms with Gasteiger partial charge in [0.05, 0.1) is 12.6 Å². The second-order valence-electron chi connectivity index (χ2n) is 6.10. The number of nitrogens with one attached hydrogen (secondary N) is 2. The van der Waals surface area contributed by atoms with Crippen molar-refractivity contribution in [2.75, 3.05) is 19.6 Å². The number of aliphatic hydroxyl groups excluding tert-OH is 1. The molecule has 2 atom stereocenters. The molecule has 0 aromatic heterocycles. The summed E-state index contributed by atoms with van der Waals surface area (Å²) in [5.41, 5.74) is 0.932. The third-order valence-corrected chi connectivity index (χ3v) is 3.83. The van der Waals surface area contributed by atoms with Crippen LogP contribution in [0.25, 0.3) is 0 Å². The van der Waals surface area contributed by atoms with Crippen molar-refractivity contribution in [3.8, 4) is 5.75 Å². The van der Waals surface area contributed by atoms with Crippen LogP contribution in [0.1, 0.15) is 31.9 Å². The second-order valence-corrected chi connectivity index (χ2v) is 6.10. The highest BCUT2D eigenvalue weighted by atomic mass is 16.5. The van der Waals surface area contributed by atoms with E-state index in [9.17, 15) is 5.11 Å². The van der Waals surface area contributed by atoms with Crippen molar-refractivity contribution in [2.45, 2.75) is 32.5 Å². The number of aliphatic hydroxyl groups is 1. The summed E-state index contributed by atoms with van der Waals surface area (Å²) in [7, 11) is 0. The van der Waals surface area contributed by atoms with Crippen molar-refractivity contribution in [2.24, 2.45) is 4.99 Å². The van der Waals surface area contributed by atoms with Gasteiger partial charge >= 0.3 is 0 Å². The number of rotatable bonds is 9. The van der Waals surface area contributed by atoms with E-state index < -0.39 is 6.10 Å². The average molecular weight is 355 g/mol. The normalized spacial score (nSPS) is 13.7. The molecule has 3 N–H and O–H groups in total. The van der Waals surface area contributed by atoms with Crippen molar-refractivity contribution >= 4 is 5.96 Å². The maximum atomic E-state index is 10.2. The Bertz CT molecular complexity index is 647. The highest BCUT2D eigenvalue weighted by Gasteiger charge is 2.08. The topological polar surface area (TPSA) is 65.9 Å². The van der Waals surface area contributed by atoms with Gasteiger partial charge < -0.3 is 20.5 Å². The van der Waals surface area contributed by atoms with Gasteiger partial charge in [-0.2, -0.15) is 0 Å². The number of guanidine groups is 1. The highest BCUT2D eigenvalue weighted by molar-refractivity contribution is 5.79. The first kappa shape index (κ1) is 19.8. The molecule has 26 heavy (non-hydrogen) atoms. The fourth-order valence-electron chi connectivity index (χ4n) is 2.50. The predicted octanol–water partition coefficient (Wildman–Crippen LogP) is 3.13. The zero-order valence-electron chi connectivity index (χ0n) is 15.6. The molecule has 0 heterocycles. The summed E-state index contributed by atoms with van der Waals surface area (Å²) < 4.78 is 5.84. The van der Waals surface area contributed by atoms with Crippen LogP contribution >= 0.6 is 0 Å². The fourth-order valence-corrected chi connectivity index (χ4v) is 2.50. The summed E-state index contributed by atoms with van der Waals surface area (Å²) in [6.07, 6.45) is 0.111. The lowest BCUT2D eigenvalue weighted by atomic mass is 10.1. The second kappa shape index (κ2) is 11.2. The number of hydrogen-bond acceptors (Lipinski definition) is 3. The van der Waals surface area contributed by atoms with Crippen molar-refractivity contribution in [3.63, 3.8) is 0 Å². The van der Waals surface area contributed by atoms with Crippen molar-refractivity contribution in [1.29, 1.82) is 0 Å². The van der Waals surface area contributed by atoms with Crippen LogP contribution in [0.4, 0.5) is 0 Å². The molecule has 2 aromatic carbocycles. The van der Waals surface area contributed by atoms with E-state index in [4.69, 9.17) is 4.74 Å². The Morgan fingerprint density at radius 1 is 1.04 bits per heavy atom. The van der Waals surface area contributed by atoms with Gasteiger partial charge in [-0.15, -0.1) is 0 Å². The van der Waals surface area contributed by atoms with Gasteiger partial charge in [-0.3, -0.25) is 0 Å². The molecule has 0 amide bonds. The number of hydrogen-bond donors (Lipinski definition) is 3. The van der Waals surface area contributed by atoms with Crippen LogP contribution in [0.5, 0.6) is 5.75 Å². The molecule has 0 aliphatic heterocycles. The number of aliphatic imine (C=N–C) groups is 1. The number of para-hydroxylation sites is 1. The molecule has 0 bridgehead atoms. The molecular weight excluding hydrogens is 326 g/mol. The Morgan fingerprint density at radius 2 is 1.69 bits per heavy atom. The van der Waals surface area contributed by atoms with E-state index in [-0.39, 0.29) is 6.10 Å². The van der Waals surface area contributed by atoms with Gasteiger partial charge in [-0.25, -0.2) is 4.99 Å². The Labute approximate surface area is 156 Å². The van der Waals surface area contributed by atoms with Gasteiger partial charge in [0, 0.05) is 13.1 Å². The molecule has 0 spiro atoms. The van der Waals surface area contributed by atoms with Crippen molar-refractivity contribution in [1.82, 2.24) is 10.6 Å². The minimum Gasteiger partial charge on any atom is -0.489 e. The number of ether oxygens (including phenoxy) is 1. The van der Waals surface area contributed by atoms with Crippen molar-refractivity contribution in [3.05, 3.63) is 66.2 Å². The monoisotopic (exact) mass is 355 g/mol. The van der Waals surface area contributed by atoms with Gasteiger partial charge in [0.2, 0.25) is 0 Å². The molecule has 5 heteroatoms. The highest BCUT2D eigenvalue weighted by Crippen LogP contribution is 2.14. The third-order valence-electron chi connectivity index (χ3n) is 3.83. The third kappa shape index (κ3) is 7.15. The Morgan fingerprint density at radius 3 is 2.35 bits per heavy atom. The van der Waals surface area contributed by atoms with E-state index in [0.717, 1.165) is 23.8 Å². The Kier molecular flexibility index (Phi) is 8.49. The van der Waals surface area contributed by atoms with E-state index in [2.05, 4.69) is 15.6 Å². The summed E-state index contributed by atoms with van der Waals surface area (Å²) in [4.78, 5) is 4.57. The van der Waals surface area contributed by atoms with E-state index in [1.807, 2.05) is 74.5 Å². The molecule has 0 aliphatic carbocycles. The first-order valence-electron chi connectivity index (χ1n) is 9.16. The standard InChI is InChI=1S/C21H29N3O2/c1-3-22-21(23-15-14-20(25)18-10-6-4-7-11-18)24-16-17(2)26-19-12-8-5-9-13-19/h4-13,17,20,25H,3,14-16H2,1-2H3,(H2,22,23,24). The molecular formula is C21H29N3O2. The van der Waals surface area contributed by atoms with Gasteiger partial charge in [0.15, 0.2) is 5.96 Å². The summed E-state index contributed by atoms with van der Waals surface area (Å²) >= 11 is 0. The summed E-state index contributed by atoms with van der Waals surface area (Å²) in [5, 5.41) is 16.7.